The Kier molecular flexibility index (Phi) is 3.26. The van der Waals surface area contributed by atoms with Crippen LogP contribution in [0.1, 0.15) is 25.3 Å². The monoisotopic (exact) mass is 223 g/mol. The normalized spacial score (nSPS) is 24.3. The summed E-state index contributed by atoms with van der Waals surface area (Å²) in [7, 11) is 0. The van der Waals surface area contributed by atoms with Crippen molar-refractivity contribution in [1.82, 2.24) is 5.32 Å². The maximum atomic E-state index is 12.8. The molecule has 0 saturated carbocycles. The Bertz CT molecular complexity index is 341. The Morgan fingerprint density at radius 3 is 2.69 bits per heavy atom. The maximum absolute atomic E-state index is 12.8. The number of hydrogen-bond donors (Lipinski definition) is 2. The molecule has 1 aliphatic rings. The van der Waals surface area contributed by atoms with E-state index in [1.165, 1.54) is 12.1 Å². The molecule has 0 spiro atoms. The first-order valence-corrected chi connectivity index (χ1v) is 5.77. The van der Waals surface area contributed by atoms with E-state index in [1.807, 2.05) is 0 Å². The van der Waals surface area contributed by atoms with Crippen LogP contribution in [-0.4, -0.2) is 18.2 Å². The van der Waals surface area contributed by atoms with Crippen molar-refractivity contribution in [2.75, 3.05) is 13.1 Å². The summed E-state index contributed by atoms with van der Waals surface area (Å²) < 4.78 is 12.8. The third-order valence-corrected chi connectivity index (χ3v) is 3.31. The third kappa shape index (κ3) is 2.60. The lowest BCUT2D eigenvalue weighted by atomic mass is 9.86. The maximum Gasteiger partial charge on any atom is 0.123 e. The molecule has 0 bridgehead atoms. The van der Waals surface area contributed by atoms with Crippen molar-refractivity contribution in [1.29, 1.82) is 0 Å². The van der Waals surface area contributed by atoms with E-state index in [0.717, 1.165) is 31.5 Å². The average molecular weight is 223 g/mol. The summed E-state index contributed by atoms with van der Waals surface area (Å²) in [5, 5.41) is 13.7. The highest BCUT2D eigenvalue weighted by atomic mass is 19.1. The van der Waals surface area contributed by atoms with E-state index in [-0.39, 0.29) is 5.82 Å². The van der Waals surface area contributed by atoms with Gasteiger partial charge in [-0.25, -0.2) is 4.39 Å². The number of rotatable bonds is 3. The SMILES string of the molecule is CC(O)(CC1CCNC1)c1ccc(F)cc1. The number of nitrogens with one attached hydrogen (secondary N) is 1. The molecule has 0 aromatic heterocycles. The summed E-state index contributed by atoms with van der Waals surface area (Å²) in [5.41, 5.74) is -0.0644. The summed E-state index contributed by atoms with van der Waals surface area (Å²) >= 11 is 0. The van der Waals surface area contributed by atoms with Gasteiger partial charge in [0.25, 0.3) is 0 Å². The molecule has 1 aromatic carbocycles. The average Bonchev–Trinajstić information content (AvgIpc) is 2.70. The largest absolute Gasteiger partial charge is 0.385 e. The van der Waals surface area contributed by atoms with Crippen LogP contribution < -0.4 is 5.32 Å². The summed E-state index contributed by atoms with van der Waals surface area (Å²) in [6.07, 6.45) is 1.84. The Morgan fingerprint density at radius 2 is 2.12 bits per heavy atom. The van der Waals surface area contributed by atoms with Gasteiger partial charge in [0.05, 0.1) is 5.60 Å². The van der Waals surface area contributed by atoms with Gasteiger partial charge < -0.3 is 10.4 Å². The van der Waals surface area contributed by atoms with E-state index in [2.05, 4.69) is 5.32 Å². The molecule has 1 heterocycles. The van der Waals surface area contributed by atoms with Gasteiger partial charge in [0, 0.05) is 0 Å². The molecule has 3 heteroatoms. The molecule has 2 N–H and O–H groups in total. The van der Waals surface area contributed by atoms with E-state index < -0.39 is 5.60 Å². The minimum absolute atomic E-state index is 0.262. The van der Waals surface area contributed by atoms with E-state index in [4.69, 9.17) is 0 Å². The molecule has 2 rings (SSSR count). The Hall–Kier alpha value is -0.930. The molecule has 88 valence electrons. The molecule has 0 aliphatic carbocycles. The van der Waals surface area contributed by atoms with Gasteiger partial charge in [-0.1, -0.05) is 12.1 Å². The van der Waals surface area contributed by atoms with Crippen molar-refractivity contribution in [3.05, 3.63) is 35.6 Å². The minimum atomic E-state index is -0.857. The van der Waals surface area contributed by atoms with E-state index in [0.29, 0.717) is 5.92 Å². The summed E-state index contributed by atoms with van der Waals surface area (Å²) in [4.78, 5) is 0. The molecule has 0 amide bonds. The van der Waals surface area contributed by atoms with Gasteiger partial charge >= 0.3 is 0 Å². The van der Waals surface area contributed by atoms with Crippen LogP contribution in [0, 0.1) is 11.7 Å². The fourth-order valence-corrected chi connectivity index (χ4v) is 2.38. The highest BCUT2D eigenvalue weighted by Gasteiger charge is 2.28. The molecule has 0 radical (unpaired) electrons. The van der Waals surface area contributed by atoms with Crippen molar-refractivity contribution in [3.8, 4) is 0 Å². The van der Waals surface area contributed by atoms with Crippen LogP contribution in [0.15, 0.2) is 24.3 Å². The van der Waals surface area contributed by atoms with Gasteiger partial charge in [-0.15, -0.1) is 0 Å². The summed E-state index contributed by atoms with van der Waals surface area (Å²) in [6.45, 7) is 3.81. The Labute approximate surface area is 95.5 Å². The van der Waals surface area contributed by atoms with E-state index in [9.17, 15) is 9.50 Å². The zero-order chi connectivity index (χ0) is 11.6. The van der Waals surface area contributed by atoms with Gasteiger partial charge in [-0.2, -0.15) is 0 Å². The molecular formula is C13H18FNO. The molecule has 1 saturated heterocycles. The van der Waals surface area contributed by atoms with Crippen LogP contribution >= 0.6 is 0 Å². The minimum Gasteiger partial charge on any atom is -0.385 e. The van der Waals surface area contributed by atoms with Crippen molar-refractivity contribution in [2.24, 2.45) is 5.92 Å². The van der Waals surface area contributed by atoms with Crippen LogP contribution in [-0.2, 0) is 5.60 Å². The molecule has 1 aliphatic heterocycles. The Morgan fingerprint density at radius 1 is 1.44 bits per heavy atom. The highest BCUT2D eigenvalue weighted by Crippen LogP contribution is 2.30. The summed E-state index contributed by atoms with van der Waals surface area (Å²) in [6, 6.07) is 6.13. The van der Waals surface area contributed by atoms with E-state index in [1.54, 1.807) is 19.1 Å². The van der Waals surface area contributed by atoms with Crippen molar-refractivity contribution in [3.63, 3.8) is 0 Å². The molecule has 2 nitrogen and oxygen atoms in total. The summed E-state index contributed by atoms with van der Waals surface area (Å²) in [5.74, 6) is 0.252. The zero-order valence-electron chi connectivity index (χ0n) is 9.54. The number of halogens is 1. The first kappa shape index (κ1) is 11.6. The second-order valence-corrected chi connectivity index (χ2v) is 4.84. The van der Waals surface area contributed by atoms with Crippen LogP contribution in [0.2, 0.25) is 0 Å². The molecule has 2 atom stereocenters. The quantitative estimate of drug-likeness (QED) is 0.821. The van der Waals surface area contributed by atoms with Crippen molar-refractivity contribution >= 4 is 0 Å². The first-order chi connectivity index (χ1) is 7.58. The van der Waals surface area contributed by atoms with Crippen LogP contribution in [0.3, 0.4) is 0 Å². The first-order valence-electron chi connectivity index (χ1n) is 5.77. The number of hydrogen-bond acceptors (Lipinski definition) is 2. The zero-order valence-corrected chi connectivity index (χ0v) is 9.54. The van der Waals surface area contributed by atoms with Gasteiger partial charge in [-0.3, -0.25) is 0 Å². The predicted molar refractivity (Wildman–Crippen MR) is 61.6 cm³/mol. The lowest BCUT2D eigenvalue weighted by Gasteiger charge is -2.26. The number of aliphatic hydroxyl groups is 1. The second kappa shape index (κ2) is 4.52. The van der Waals surface area contributed by atoms with Crippen LogP contribution in [0.5, 0.6) is 0 Å². The van der Waals surface area contributed by atoms with Crippen molar-refractivity contribution in [2.45, 2.75) is 25.4 Å². The fourth-order valence-electron chi connectivity index (χ4n) is 2.38. The van der Waals surface area contributed by atoms with Gasteiger partial charge in [-0.05, 0) is 56.5 Å². The predicted octanol–water partition coefficient (Wildman–Crippen LogP) is 2.03. The van der Waals surface area contributed by atoms with Gasteiger partial charge in [0.1, 0.15) is 5.82 Å². The van der Waals surface area contributed by atoms with Crippen LogP contribution in [0.25, 0.3) is 0 Å². The van der Waals surface area contributed by atoms with Crippen LogP contribution in [0.4, 0.5) is 4.39 Å². The third-order valence-electron chi connectivity index (χ3n) is 3.31. The fraction of sp³-hybridized carbons (Fsp3) is 0.538. The van der Waals surface area contributed by atoms with Gasteiger partial charge in [0.2, 0.25) is 0 Å². The smallest absolute Gasteiger partial charge is 0.123 e. The second-order valence-electron chi connectivity index (χ2n) is 4.84. The molecule has 16 heavy (non-hydrogen) atoms. The molecular weight excluding hydrogens is 205 g/mol. The van der Waals surface area contributed by atoms with E-state index >= 15 is 0 Å². The molecule has 1 aromatic rings. The highest BCUT2D eigenvalue weighted by molar-refractivity contribution is 5.22. The Balaban J connectivity index is 2.07. The standard InChI is InChI=1S/C13H18FNO/c1-13(16,8-10-6-7-15-9-10)11-2-4-12(14)5-3-11/h2-5,10,15-16H,6-9H2,1H3. The number of benzene rings is 1. The molecule has 1 fully saturated rings. The topological polar surface area (TPSA) is 32.3 Å². The lowest BCUT2D eigenvalue weighted by molar-refractivity contribution is 0.0325. The lowest BCUT2D eigenvalue weighted by Crippen LogP contribution is -2.26. The van der Waals surface area contributed by atoms with Gasteiger partial charge in [0.15, 0.2) is 0 Å². The molecule has 2 unspecified atom stereocenters. The van der Waals surface area contributed by atoms with Crippen molar-refractivity contribution < 1.29 is 9.50 Å².